The van der Waals surface area contributed by atoms with Gasteiger partial charge in [-0.1, -0.05) is 6.07 Å². The lowest BCUT2D eigenvalue weighted by Crippen LogP contribution is -2.04. The van der Waals surface area contributed by atoms with E-state index in [1.807, 2.05) is 37.4 Å². The SMILES string of the molecule is COC(=O)Cc1csc2cc(OCc3ccc(C)nc3C)cc(C=O)c12. The molecule has 3 aromatic rings. The summed E-state index contributed by atoms with van der Waals surface area (Å²) in [4.78, 5) is 27.6. The second-order valence-electron chi connectivity index (χ2n) is 6.00. The number of pyridine rings is 1. The first-order valence-electron chi connectivity index (χ1n) is 8.14. The number of carbonyl (C=O) groups excluding carboxylic acids is 2. The zero-order chi connectivity index (χ0) is 18.7. The molecule has 0 atom stereocenters. The van der Waals surface area contributed by atoms with E-state index in [2.05, 4.69) is 4.98 Å². The van der Waals surface area contributed by atoms with Crippen LogP contribution in [0.4, 0.5) is 0 Å². The lowest BCUT2D eigenvalue weighted by molar-refractivity contribution is -0.139. The van der Waals surface area contributed by atoms with Crippen LogP contribution in [0.25, 0.3) is 10.1 Å². The van der Waals surface area contributed by atoms with Crippen molar-refractivity contribution < 1.29 is 19.1 Å². The summed E-state index contributed by atoms with van der Waals surface area (Å²) in [5.41, 5.74) is 4.20. The summed E-state index contributed by atoms with van der Waals surface area (Å²) in [6.07, 6.45) is 0.938. The van der Waals surface area contributed by atoms with Crippen LogP contribution in [0.5, 0.6) is 5.75 Å². The predicted molar refractivity (Wildman–Crippen MR) is 101 cm³/mol. The van der Waals surface area contributed by atoms with Gasteiger partial charge in [-0.3, -0.25) is 14.6 Å². The monoisotopic (exact) mass is 369 g/mol. The summed E-state index contributed by atoms with van der Waals surface area (Å²) in [6, 6.07) is 7.55. The number of hydrogen-bond acceptors (Lipinski definition) is 6. The largest absolute Gasteiger partial charge is 0.489 e. The average Bonchev–Trinajstić information content (AvgIpc) is 3.03. The van der Waals surface area contributed by atoms with Crippen molar-refractivity contribution in [1.82, 2.24) is 4.98 Å². The Hall–Kier alpha value is -2.73. The number of aldehydes is 1. The first-order valence-corrected chi connectivity index (χ1v) is 9.02. The number of thiophene rings is 1. The van der Waals surface area contributed by atoms with Crippen LogP contribution in [0, 0.1) is 13.8 Å². The highest BCUT2D eigenvalue weighted by atomic mass is 32.1. The van der Waals surface area contributed by atoms with Crippen molar-refractivity contribution in [2.75, 3.05) is 7.11 Å². The maximum Gasteiger partial charge on any atom is 0.310 e. The smallest absolute Gasteiger partial charge is 0.310 e. The standard InChI is InChI=1S/C20H19NO4S/c1-12-4-5-14(13(2)21-12)10-25-17-6-15(9-22)20-16(7-19(23)24-3)11-26-18(20)8-17/h4-6,8-9,11H,7,10H2,1-3H3. The molecule has 0 fully saturated rings. The summed E-state index contributed by atoms with van der Waals surface area (Å²) < 4.78 is 11.5. The molecule has 3 rings (SSSR count). The third-order valence-corrected chi connectivity index (χ3v) is 5.15. The number of nitrogens with zero attached hydrogens (tertiary/aromatic N) is 1. The molecule has 0 aliphatic carbocycles. The number of hydrogen-bond donors (Lipinski definition) is 0. The van der Waals surface area contributed by atoms with Crippen LogP contribution in [-0.2, 0) is 22.6 Å². The molecule has 0 N–H and O–H groups in total. The van der Waals surface area contributed by atoms with Gasteiger partial charge >= 0.3 is 5.97 Å². The van der Waals surface area contributed by atoms with E-state index in [1.54, 1.807) is 6.07 Å². The molecule has 0 unspecified atom stereocenters. The summed E-state index contributed by atoms with van der Waals surface area (Å²) in [7, 11) is 1.35. The van der Waals surface area contributed by atoms with E-state index in [4.69, 9.17) is 9.47 Å². The molecule has 0 saturated heterocycles. The van der Waals surface area contributed by atoms with E-state index >= 15 is 0 Å². The second-order valence-corrected chi connectivity index (χ2v) is 6.91. The first-order chi connectivity index (χ1) is 12.5. The van der Waals surface area contributed by atoms with Crippen LogP contribution < -0.4 is 4.74 Å². The van der Waals surface area contributed by atoms with Gasteiger partial charge in [0.15, 0.2) is 6.29 Å². The van der Waals surface area contributed by atoms with Crippen LogP contribution >= 0.6 is 11.3 Å². The molecule has 2 heterocycles. The lowest BCUT2D eigenvalue weighted by Gasteiger charge is -2.10. The van der Waals surface area contributed by atoms with Gasteiger partial charge < -0.3 is 9.47 Å². The molecule has 0 radical (unpaired) electrons. The van der Waals surface area contributed by atoms with Crippen LogP contribution in [0.1, 0.15) is 32.9 Å². The Labute approximate surface area is 155 Å². The molecule has 0 aliphatic rings. The van der Waals surface area contributed by atoms with Gasteiger partial charge in [0.25, 0.3) is 0 Å². The number of fused-ring (bicyclic) bond motifs is 1. The number of rotatable bonds is 6. The number of carbonyl (C=O) groups is 2. The van der Waals surface area contributed by atoms with Crippen molar-refractivity contribution in [2.45, 2.75) is 26.9 Å². The fourth-order valence-corrected chi connectivity index (χ4v) is 3.83. The minimum absolute atomic E-state index is 0.145. The highest BCUT2D eigenvalue weighted by Crippen LogP contribution is 2.33. The van der Waals surface area contributed by atoms with Gasteiger partial charge in [0, 0.05) is 32.6 Å². The van der Waals surface area contributed by atoms with E-state index in [9.17, 15) is 9.59 Å². The maximum absolute atomic E-state index is 11.6. The van der Waals surface area contributed by atoms with Gasteiger partial charge in [-0.05, 0) is 43.0 Å². The normalized spacial score (nSPS) is 10.7. The van der Waals surface area contributed by atoms with Gasteiger partial charge in [0.2, 0.25) is 0 Å². The Morgan fingerprint density at radius 1 is 1.23 bits per heavy atom. The van der Waals surface area contributed by atoms with Crippen LogP contribution in [-0.4, -0.2) is 24.3 Å². The van der Waals surface area contributed by atoms with Gasteiger partial charge in [0.1, 0.15) is 12.4 Å². The zero-order valence-corrected chi connectivity index (χ0v) is 15.7. The molecule has 6 heteroatoms. The summed E-state index contributed by atoms with van der Waals surface area (Å²) in [5.74, 6) is 0.287. The maximum atomic E-state index is 11.6. The quantitative estimate of drug-likeness (QED) is 0.485. The van der Waals surface area contributed by atoms with E-state index < -0.39 is 0 Å². The van der Waals surface area contributed by atoms with Crippen molar-refractivity contribution in [1.29, 1.82) is 0 Å². The summed E-state index contributed by atoms with van der Waals surface area (Å²) >= 11 is 1.48. The molecular weight excluding hydrogens is 350 g/mol. The topological polar surface area (TPSA) is 65.5 Å². The Bertz CT molecular complexity index is 977. The Morgan fingerprint density at radius 3 is 2.73 bits per heavy atom. The third-order valence-electron chi connectivity index (χ3n) is 4.17. The fraction of sp³-hybridized carbons (Fsp3) is 0.250. The van der Waals surface area contributed by atoms with Crippen molar-refractivity contribution in [3.63, 3.8) is 0 Å². The number of methoxy groups -OCH3 is 1. The first kappa shape index (κ1) is 18.1. The molecule has 5 nitrogen and oxygen atoms in total. The van der Waals surface area contributed by atoms with E-state index in [0.29, 0.717) is 17.9 Å². The van der Waals surface area contributed by atoms with E-state index in [0.717, 1.165) is 38.9 Å². The number of benzene rings is 1. The molecule has 2 aromatic heterocycles. The van der Waals surface area contributed by atoms with Crippen molar-refractivity contribution in [2.24, 2.45) is 0 Å². The van der Waals surface area contributed by atoms with Crippen molar-refractivity contribution in [3.05, 3.63) is 57.7 Å². The van der Waals surface area contributed by atoms with Gasteiger partial charge in [-0.15, -0.1) is 11.3 Å². The minimum atomic E-state index is -0.329. The number of ether oxygens (including phenoxy) is 2. The van der Waals surface area contributed by atoms with E-state index in [1.165, 1.54) is 18.4 Å². The molecule has 0 saturated carbocycles. The van der Waals surface area contributed by atoms with Crippen molar-refractivity contribution in [3.8, 4) is 5.75 Å². The predicted octanol–water partition coefficient (Wildman–Crippen LogP) is 4.02. The lowest BCUT2D eigenvalue weighted by atomic mass is 10.0. The molecular formula is C20H19NO4S. The average molecular weight is 369 g/mol. The third kappa shape index (κ3) is 3.75. The second kappa shape index (κ2) is 7.66. The Morgan fingerprint density at radius 2 is 2.04 bits per heavy atom. The minimum Gasteiger partial charge on any atom is -0.489 e. The summed E-state index contributed by atoms with van der Waals surface area (Å²) in [6.45, 7) is 4.28. The zero-order valence-electron chi connectivity index (χ0n) is 14.9. The molecule has 26 heavy (non-hydrogen) atoms. The van der Waals surface area contributed by atoms with Crippen molar-refractivity contribution >= 4 is 33.7 Å². The molecule has 1 aromatic carbocycles. The molecule has 134 valence electrons. The highest BCUT2D eigenvalue weighted by molar-refractivity contribution is 7.17. The van der Waals surface area contributed by atoms with Gasteiger partial charge in [-0.2, -0.15) is 0 Å². The van der Waals surface area contributed by atoms with E-state index in [-0.39, 0.29) is 12.4 Å². The molecule has 0 aliphatic heterocycles. The Kier molecular flexibility index (Phi) is 5.32. The van der Waals surface area contributed by atoms with Crippen LogP contribution in [0.15, 0.2) is 29.6 Å². The number of aryl methyl sites for hydroxylation is 2. The van der Waals surface area contributed by atoms with Gasteiger partial charge in [-0.25, -0.2) is 0 Å². The number of esters is 1. The molecule has 0 spiro atoms. The highest BCUT2D eigenvalue weighted by Gasteiger charge is 2.14. The fourth-order valence-electron chi connectivity index (χ4n) is 2.80. The summed E-state index contributed by atoms with van der Waals surface area (Å²) in [5, 5.41) is 2.67. The number of aromatic nitrogens is 1. The Balaban J connectivity index is 1.88. The van der Waals surface area contributed by atoms with Crippen LogP contribution in [0.3, 0.4) is 0 Å². The molecule has 0 bridgehead atoms. The van der Waals surface area contributed by atoms with Crippen LogP contribution in [0.2, 0.25) is 0 Å². The molecule has 0 amide bonds. The van der Waals surface area contributed by atoms with Gasteiger partial charge in [0.05, 0.1) is 13.5 Å².